The fraction of sp³-hybridized carbons (Fsp3) is 0.304. The number of ether oxygens (including phenoxy) is 2. The van der Waals surface area contributed by atoms with E-state index in [-0.39, 0.29) is 11.8 Å². The van der Waals surface area contributed by atoms with Crippen LogP contribution in [0.3, 0.4) is 0 Å². The van der Waals surface area contributed by atoms with Crippen LogP contribution in [0.5, 0.6) is 5.88 Å². The lowest BCUT2D eigenvalue weighted by atomic mass is 9.97. The Hall–Kier alpha value is -3.70. The zero-order valence-corrected chi connectivity index (χ0v) is 17.8. The average Bonchev–Trinajstić information content (AvgIpc) is 3.15. The predicted octanol–water partition coefficient (Wildman–Crippen LogP) is 3.03. The Morgan fingerprint density at radius 2 is 2.23 bits per heavy atom. The predicted molar refractivity (Wildman–Crippen MR) is 118 cm³/mol. The monoisotopic (exact) mass is 419 g/mol. The van der Waals surface area contributed by atoms with Gasteiger partial charge in [0.15, 0.2) is 0 Å². The zero-order valence-electron chi connectivity index (χ0n) is 17.8. The number of benzene rings is 1. The van der Waals surface area contributed by atoms with Crippen LogP contribution in [-0.2, 0) is 17.8 Å². The normalized spacial score (nSPS) is 12.7. The number of hydrogen-bond donors (Lipinski definition) is 3. The van der Waals surface area contributed by atoms with E-state index in [2.05, 4.69) is 21.7 Å². The van der Waals surface area contributed by atoms with Crippen molar-refractivity contribution in [2.45, 2.75) is 26.9 Å². The minimum Gasteiger partial charge on any atom is -0.480 e. The van der Waals surface area contributed by atoms with Gasteiger partial charge < -0.3 is 25.5 Å². The molecular weight excluding hydrogens is 394 g/mol. The number of carbonyl (C=O) groups excluding carboxylic acids is 1. The Bertz CT molecular complexity index is 1090. The van der Waals surface area contributed by atoms with Crippen LogP contribution >= 0.6 is 0 Å². The molecule has 0 amide bonds. The molecule has 2 heterocycles. The Balaban J connectivity index is 1.56. The van der Waals surface area contributed by atoms with E-state index >= 15 is 0 Å². The maximum Gasteiger partial charge on any atom is 0.338 e. The van der Waals surface area contributed by atoms with Crippen LogP contribution in [0.25, 0.3) is 0 Å². The van der Waals surface area contributed by atoms with Gasteiger partial charge in [0, 0.05) is 24.5 Å². The van der Waals surface area contributed by atoms with Crippen molar-refractivity contribution in [1.82, 2.24) is 10.3 Å². The summed E-state index contributed by atoms with van der Waals surface area (Å²) in [5.41, 5.74) is 5.83. The summed E-state index contributed by atoms with van der Waals surface area (Å²) in [5, 5.41) is 23.2. The fourth-order valence-electron chi connectivity index (χ4n) is 3.44. The van der Waals surface area contributed by atoms with Gasteiger partial charge in [-0.2, -0.15) is 10.2 Å². The molecule has 0 fully saturated rings. The molecule has 1 aromatic heterocycles. The van der Waals surface area contributed by atoms with Gasteiger partial charge in [0.1, 0.15) is 24.1 Å². The maximum absolute atomic E-state index is 11.7. The largest absolute Gasteiger partial charge is 0.480 e. The molecule has 0 atom stereocenters. The van der Waals surface area contributed by atoms with Gasteiger partial charge in [-0.1, -0.05) is 6.07 Å². The van der Waals surface area contributed by atoms with E-state index in [9.17, 15) is 10.1 Å². The number of carbonyl (C=O) groups is 1. The van der Waals surface area contributed by atoms with E-state index in [1.54, 1.807) is 12.3 Å². The average molecular weight is 419 g/mol. The molecule has 31 heavy (non-hydrogen) atoms. The lowest BCUT2D eigenvalue weighted by Gasteiger charge is -2.11. The summed E-state index contributed by atoms with van der Waals surface area (Å²) in [6.07, 6.45) is 3.79. The van der Waals surface area contributed by atoms with Crippen LogP contribution in [0.2, 0.25) is 0 Å². The zero-order chi connectivity index (χ0) is 22.4. The molecule has 1 aliphatic rings. The molecule has 0 unspecified atom stereocenters. The van der Waals surface area contributed by atoms with Gasteiger partial charge in [-0.15, -0.1) is 0 Å². The van der Waals surface area contributed by atoms with Crippen LogP contribution in [-0.4, -0.2) is 37.4 Å². The number of rotatable bonds is 9. The van der Waals surface area contributed by atoms with Crippen molar-refractivity contribution in [2.75, 3.05) is 25.5 Å². The molecule has 3 rings (SSSR count). The minimum absolute atomic E-state index is 0.249. The van der Waals surface area contributed by atoms with Crippen LogP contribution in [0, 0.1) is 30.6 Å². The molecule has 1 aliphatic heterocycles. The molecule has 3 N–H and O–H groups in total. The molecule has 0 saturated carbocycles. The van der Waals surface area contributed by atoms with E-state index in [0.29, 0.717) is 30.1 Å². The SMILES string of the molecule is COc1nc(N/C=C(\C=N)CNCCc2ccc3c(c2C)COC3=O)cc(C)c1C#N. The van der Waals surface area contributed by atoms with E-state index in [4.69, 9.17) is 14.9 Å². The summed E-state index contributed by atoms with van der Waals surface area (Å²) in [6, 6.07) is 7.66. The molecule has 0 radical (unpaired) electrons. The highest BCUT2D eigenvalue weighted by atomic mass is 16.5. The molecule has 1 aromatic carbocycles. The maximum atomic E-state index is 11.7. The first-order valence-corrected chi connectivity index (χ1v) is 9.89. The number of hydrogen-bond acceptors (Lipinski definition) is 8. The summed E-state index contributed by atoms with van der Waals surface area (Å²) in [7, 11) is 1.47. The highest BCUT2D eigenvalue weighted by Crippen LogP contribution is 2.26. The highest BCUT2D eigenvalue weighted by molar-refractivity contribution is 5.93. The molecule has 0 bridgehead atoms. The number of aryl methyl sites for hydroxylation is 1. The second kappa shape index (κ2) is 9.87. The van der Waals surface area contributed by atoms with Gasteiger partial charge in [-0.25, -0.2) is 4.79 Å². The minimum atomic E-state index is -0.249. The standard InChI is InChI=1S/C23H25N5O3/c1-14-8-21(28-22(30-3)19(14)10-25)27-12-16(9-24)11-26-7-6-17-4-5-18-20(15(17)2)13-31-23(18)29/h4-5,8-9,12,24,26H,6-7,11,13H2,1-3H3,(H,27,28)/b16-12+,24-9?. The quantitative estimate of drug-likeness (QED) is 0.325. The van der Waals surface area contributed by atoms with Crippen molar-refractivity contribution in [3.8, 4) is 11.9 Å². The number of esters is 1. The Kier molecular flexibility index (Phi) is 7.00. The molecule has 0 saturated heterocycles. The summed E-state index contributed by atoms with van der Waals surface area (Å²) >= 11 is 0. The number of anilines is 1. The van der Waals surface area contributed by atoms with Gasteiger partial charge in [-0.05, 0) is 61.2 Å². The van der Waals surface area contributed by atoms with Crippen molar-refractivity contribution in [2.24, 2.45) is 0 Å². The van der Waals surface area contributed by atoms with Gasteiger partial charge in [0.2, 0.25) is 5.88 Å². The third-order valence-corrected chi connectivity index (χ3v) is 5.26. The number of aromatic nitrogens is 1. The summed E-state index contributed by atoms with van der Waals surface area (Å²) in [5.74, 6) is 0.559. The molecule has 0 aliphatic carbocycles. The summed E-state index contributed by atoms with van der Waals surface area (Å²) in [6.45, 7) is 5.42. The first-order valence-electron chi connectivity index (χ1n) is 9.89. The van der Waals surface area contributed by atoms with Gasteiger partial charge in [-0.3, -0.25) is 0 Å². The molecule has 160 valence electrons. The number of methoxy groups -OCH3 is 1. The Morgan fingerprint density at radius 3 is 2.94 bits per heavy atom. The van der Waals surface area contributed by atoms with E-state index in [1.807, 2.05) is 26.0 Å². The Labute approximate surface area is 181 Å². The lowest BCUT2D eigenvalue weighted by molar-refractivity contribution is 0.0535. The first kappa shape index (κ1) is 22.0. The van der Waals surface area contributed by atoms with Crippen molar-refractivity contribution in [3.63, 3.8) is 0 Å². The third kappa shape index (κ3) is 4.90. The number of nitriles is 1. The van der Waals surface area contributed by atoms with E-state index in [0.717, 1.165) is 35.2 Å². The molecule has 0 spiro atoms. The lowest BCUT2D eigenvalue weighted by Crippen LogP contribution is -2.21. The number of pyridine rings is 1. The van der Waals surface area contributed by atoms with Crippen molar-refractivity contribution in [1.29, 1.82) is 10.7 Å². The summed E-state index contributed by atoms with van der Waals surface area (Å²) < 4.78 is 10.3. The second-order valence-corrected chi connectivity index (χ2v) is 7.21. The molecular formula is C23H25N5O3. The van der Waals surface area contributed by atoms with Crippen LogP contribution in [0.4, 0.5) is 5.82 Å². The molecule has 8 heteroatoms. The number of nitrogens with zero attached hydrogens (tertiary/aromatic N) is 2. The van der Waals surface area contributed by atoms with Crippen LogP contribution in [0.1, 0.15) is 38.2 Å². The first-order chi connectivity index (χ1) is 15.0. The van der Waals surface area contributed by atoms with Crippen LogP contribution in [0.15, 0.2) is 30.0 Å². The number of nitrogens with one attached hydrogen (secondary N) is 3. The van der Waals surface area contributed by atoms with Crippen molar-refractivity contribution >= 4 is 18.0 Å². The smallest absolute Gasteiger partial charge is 0.338 e. The molecule has 8 nitrogen and oxygen atoms in total. The van der Waals surface area contributed by atoms with Crippen molar-refractivity contribution in [3.05, 3.63) is 63.4 Å². The van der Waals surface area contributed by atoms with Gasteiger partial charge >= 0.3 is 5.97 Å². The number of fused-ring (bicyclic) bond motifs is 1. The molecule has 2 aromatic rings. The van der Waals surface area contributed by atoms with Gasteiger partial charge in [0.25, 0.3) is 0 Å². The fourth-order valence-corrected chi connectivity index (χ4v) is 3.44. The second-order valence-electron chi connectivity index (χ2n) is 7.21. The highest BCUT2D eigenvalue weighted by Gasteiger charge is 2.23. The third-order valence-electron chi connectivity index (χ3n) is 5.26. The summed E-state index contributed by atoms with van der Waals surface area (Å²) in [4.78, 5) is 15.9. The number of cyclic esters (lactones) is 1. The van der Waals surface area contributed by atoms with E-state index < -0.39 is 0 Å². The van der Waals surface area contributed by atoms with E-state index in [1.165, 1.54) is 18.9 Å². The Morgan fingerprint density at radius 1 is 1.42 bits per heavy atom. The van der Waals surface area contributed by atoms with Gasteiger partial charge in [0.05, 0.1) is 12.7 Å². The van der Waals surface area contributed by atoms with Crippen molar-refractivity contribution < 1.29 is 14.3 Å². The van der Waals surface area contributed by atoms with Crippen LogP contribution < -0.4 is 15.4 Å². The topological polar surface area (TPSA) is 120 Å².